The Morgan fingerprint density at radius 2 is 1.64 bits per heavy atom. The zero-order valence-electron chi connectivity index (χ0n) is 12.6. The highest BCUT2D eigenvalue weighted by atomic mass is 79.9. The Morgan fingerprint density at radius 3 is 2.27 bits per heavy atom. The van der Waals surface area contributed by atoms with Crippen LogP contribution in [0, 0.1) is 0 Å². The third-order valence-corrected chi connectivity index (χ3v) is 4.01. The number of nitrogens with two attached hydrogens (primary N) is 1. The Labute approximate surface area is 140 Å². The standard InChI is InChI=1S/C18H21BrN2O/c1-13(11-15-7-9-16(19)10-8-15)21-18(22)17(20)12-14-5-3-2-4-6-14/h2-10,13,17H,11-12,20H2,1H3,(H,21,22). The number of hydrogen-bond donors (Lipinski definition) is 2. The summed E-state index contributed by atoms with van der Waals surface area (Å²) in [6, 6.07) is 17.5. The Kier molecular flexibility index (Phi) is 6.16. The molecule has 3 nitrogen and oxygen atoms in total. The second-order valence-corrected chi connectivity index (χ2v) is 6.45. The van der Waals surface area contributed by atoms with Crippen LogP contribution in [0.3, 0.4) is 0 Å². The molecule has 2 aromatic rings. The number of hydrogen-bond acceptors (Lipinski definition) is 2. The van der Waals surface area contributed by atoms with Gasteiger partial charge in [0.05, 0.1) is 6.04 Å². The molecule has 0 saturated heterocycles. The SMILES string of the molecule is CC(Cc1ccc(Br)cc1)NC(=O)C(N)Cc1ccccc1. The summed E-state index contributed by atoms with van der Waals surface area (Å²) in [5, 5.41) is 2.99. The molecule has 2 unspecified atom stereocenters. The van der Waals surface area contributed by atoms with Gasteiger partial charge in [0.15, 0.2) is 0 Å². The third kappa shape index (κ3) is 5.28. The van der Waals surface area contributed by atoms with Crippen molar-refractivity contribution in [3.8, 4) is 0 Å². The number of nitrogens with one attached hydrogen (secondary N) is 1. The molecule has 0 aliphatic rings. The van der Waals surface area contributed by atoms with E-state index in [9.17, 15) is 4.79 Å². The highest BCUT2D eigenvalue weighted by Crippen LogP contribution is 2.12. The van der Waals surface area contributed by atoms with E-state index >= 15 is 0 Å². The molecule has 0 saturated carbocycles. The van der Waals surface area contributed by atoms with Crippen molar-refractivity contribution < 1.29 is 4.79 Å². The third-order valence-electron chi connectivity index (χ3n) is 3.48. The number of carbonyl (C=O) groups excluding carboxylic acids is 1. The van der Waals surface area contributed by atoms with Crippen molar-refractivity contribution in [1.29, 1.82) is 0 Å². The Hall–Kier alpha value is -1.65. The van der Waals surface area contributed by atoms with Gasteiger partial charge in [-0.25, -0.2) is 0 Å². The van der Waals surface area contributed by atoms with Crippen LogP contribution in [0.4, 0.5) is 0 Å². The lowest BCUT2D eigenvalue weighted by molar-refractivity contribution is -0.122. The Balaban J connectivity index is 1.83. The lowest BCUT2D eigenvalue weighted by Gasteiger charge is -2.18. The van der Waals surface area contributed by atoms with Gasteiger partial charge in [-0.2, -0.15) is 0 Å². The van der Waals surface area contributed by atoms with E-state index < -0.39 is 6.04 Å². The van der Waals surface area contributed by atoms with E-state index in [1.54, 1.807) is 0 Å². The number of rotatable bonds is 6. The Bertz CT molecular complexity index is 598. The van der Waals surface area contributed by atoms with Gasteiger partial charge in [0.1, 0.15) is 0 Å². The molecule has 0 aromatic heterocycles. The summed E-state index contributed by atoms with van der Waals surface area (Å²) in [5.74, 6) is -0.103. The minimum atomic E-state index is -0.519. The largest absolute Gasteiger partial charge is 0.352 e. The molecular formula is C18H21BrN2O. The summed E-state index contributed by atoms with van der Waals surface area (Å²) in [4.78, 5) is 12.2. The lowest BCUT2D eigenvalue weighted by atomic mass is 10.0. The molecule has 0 spiro atoms. The predicted octanol–water partition coefficient (Wildman–Crippen LogP) is 3.07. The zero-order chi connectivity index (χ0) is 15.9. The van der Waals surface area contributed by atoms with Crippen LogP contribution in [-0.4, -0.2) is 18.0 Å². The van der Waals surface area contributed by atoms with Crippen molar-refractivity contribution in [1.82, 2.24) is 5.32 Å². The molecule has 3 N–H and O–H groups in total. The second-order valence-electron chi connectivity index (χ2n) is 5.54. The molecule has 0 radical (unpaired) electrons. The first-order chi connectivity index (χ1) is 10.5. The van der Waals surface area contributed by atoms with Gasteiger partial charge in [-0.1, -0.05) is 58.4 Å². The molecule has 0 fully saturated rings. The maximum absolute atomic E-state index is 12.2. The summed E-state index contributed by atoms with van der Waals surface area (Å²) < 4.78 is 1.05. The van der Waals surface area contributed by atoms with Crippen molar-refractivity contribution in [2.75, 3.05) is 0 Å². The summed E-state index contributed by atoms with van der Waals surface area (Å²) in [6.45, 7) is 2.00. The van der Waals surface area contributed by atoms with Crippen LogP contribution in [-0.2, 0) is 17.6 Å². The maximum Gasteiger partial charge on any atom is 0.237 e. The van der Waals surface area contributed by atoms with Crippen molar-refractivity contribution in [3.05, 3.63) is 70.2 Å². The van der Waals surface area contributed by atoms with Crippen molar-refractivity contribution in [2.24, 2.45) is 5.73 Å². The molecule has 2 aromatic carbocycles. The van der Waals surface area contributed by atoms with Crippen molar-refractivity contribution in [3.63, 3.8) is 0 Å². The fraction of sp³-hybridized carbons (Fsp3) is 0.278. The highest BCUT2D eigenvalue weighted by molar-refractivity contribution is 9.10. The molecule has 22 heavy (non-hydrogen) atoms. The van der Waals surface area contributed by atoms with Crippen molar-refractivity contribution >= 4 is 21.8 Å². The molecule has 0 bridgehead atoms. The summed E-state index contributed by atoms with van der Waals surface area (Å²) in [5.41, 5.74) is 8.25. The smallest absolute Gasteiger partial charge is 0.237 e. The Morgan fingerprint density at radius 1 is 1.05 bits per heavy atom. The van der Waals surface area contributed by atoms with E-state index in [1.807, 2.05) is 49.4 Å². The van der Waals surface area contributed by atoms with E-state index in [1.165, 1.54) is 5.56 Å². The first-order valence-corrected chi connectivity index (χ1v) is 8.18. The molecule has 1 amide bonds. The van der Waals surface area contributed by atoms with E-state index in [2.05, 4.69) is 33.4 Å². The first-order valence-electron chi connectivity index (χ1n) is 7.39. The van der Waals surface area contributed by atoms with Crippen LogP contribution < -0.4 is 11.1 Å². The molecule has 0 aliphatic heterocycles. The molecule has 0 aliphatic carbocycles. The number of amides is 1. The van der Waals surface area contributed by atoms with Gasteiger partial charge in [0.25, 0.3) is 0 Å². The number of carbonyl (C=O) groups is 1. The van der Waals surface area contributed by atoms with E-state index in [4.69, 9.17) is 5.73 Å². The normalized spacial score (nSPS) is 13.4. The quantitative estimate of drug-likeness (QED) is 0.831. The van der Waals surface area contributed by atoms with Gasteiger partial charge in [-0.3, -0.25) is 4.79 Å². The van der Waals surface area contributed by atoms with Crippen LogP contribution in [0.1, 0.15) is 18.1 Å². The minimum absolute atomic E-state index is 0.0514. The number of benzene rings is 2. The van der Waals surface area contributed by atoms with Gasteiger partial charge in [0, 0.05) is 10.5 Å². The van der Waals surface area contributed by atoms with Crippen molar-refractivity contribution in [2.45, 2.75) is 31.8 Å². The van der Waals surface area contributed by atoms with Gasteiger partial charge >= 0.3 is 0 Å². The fourth-order valence-electron chi connectivity index (χ4n) is 2.34. The summed E-state index contributed by atoms with van der Waals surface area (Å²) in [7, 11) is 0. The molecule has 2 rings (SSSR count). The van der Waals surface area contributed by atoms with Crippen LogP contribution in [0.2, 0.25) is 0 Å². The average Bonchev–Trinajstić information content (AvgIpc) is 2.50. The predicted molar refractivity (Wildman–Crippen MR) is 93.6 cm³/mol. The molecule has 2 atom stereocenters. The topological polar surface area (TPSA) is 55.1 Å². The summed E-state index contributed by atoms with van der Waals surface area (Å²) in [6.07, 6.45) is 1.34. The number of halogens is 1. The fourth-order valence-corrected chi connectivity index (χ4v) is 2.60. The second kappa shape index (κ2) is 8.11. The van der Waals surface area contributed by atoms with E-state index in [0.29, 0.717) is 6.42 Å². The van der Waals surface area contributed by atoms with E-state index in [0.717, 1.165) is 16.5 Å². The maximum atomic E-state index is 12.2. The average molecular weight is 361 g/mol. The van der Waals surface area contributed by atoms with Gasteiger partial charge < -0.3 is 11.1 Å². The van der Waals surface area contributed by atoms with Crippen LogP contribution in [0.15, 0.2) is 59.1 Å². The first kappa shape index (κ1) is 16.7. The van der Waals surface area contributed by atoms with E-state index in [-0.39, 0.29) is 11.9 Å². The lowest BCUT2D eigenvalue weighted by Crippen LogP contribution is -2.46. The highest BCUT2D eigenvalue weighted by Gasteiger charge is 2.16. The zero-order valence-corrected chi connectivity index (χ0v) is 14.2. The van der Waals surface area contributed by atoms with Crippen LogP contribution in [0.25, 0.3) is 0 Å². The van der Waals surface area contributed by atoms with Gasteiger partial charge in [-0.05, 0) is 43.0 Å². The van der Waals surface area contributed by atoms with Gasteiger partial charge in [-0.15, -0.1) is 0 Å². The summed E-state index contributed by atoms with van der Waals surface area (Å²) >= 11 is 3.42. The van der Waals surface area contributed by atoms with Crippen LogP contribution >= 0.6 is 15.9 Å². The molecule has 0 heterocycles. The molecule has 4 heteroatoms. The minimum Gasteiger partial charge on any atom is -0.352 e. The monoisotopic (exact) mass is 360 g/mol. The molecular weight excluding hydrogens is 340 g/mol. The van der Waals surface area contributed by atoms with Gasteiger partial charge in [0.2, 0.25) is 5.91 Å². The molecule has 116 valence electrons. The van der Waals surface area contributed by atoms with Crippen LogP contribution in [0.5, 0.6) is 0 Å².